The van der Waals surface area contributed by atoms with Crippen molar-refractivity contribution in [1.82, 2.24) is 20.6 Å². The van der Waals surface area contributed by atoms with Gasteiger partial charge in [0.25, 0.3) is 0 Å². The molecule has 1 aromatic heterocycles. The number of thiocarbonyl (C=S) groups is 1. The van der Waals surface area contributed by atoms with Crippen molar-refractivity contribution < 1.29 is 9.59 Å². The zero-order chi connectivity index (χ0) is 32.0. The number of aromatic nitrogens is 2. The molecule has 2 amide bonds. The third-order valence-corrected chi connectivity index (χ3v) is 9.24. The number of hydrogen-bond donors (Lipinski definition) is 3. The number of nitrogens with two attached hydrogens (primary N) is 1. The van der Waals surface area contributed by atoms with Gasteiger partial charge in [-0.3, -0.25) is 9.59 Å². The highest BCUT2D eigenvalue weighted by atomic mass is 35.5. The summed E-state index contributed by atoms with van der Waals surface area (Å²) in [4.78, 5) is 39.2. The maximum atomic E-state index is 14.8. The lowest BCUT2D eigenvalue weighted by atomic mass is 9.52. The number of carbonyl (C=O) groups is 2. The van der Waals surface area contributed by atoms with Crippen LogP contribution in [0.1, 0.15) is 39.8 Å². The Morgan fingerprint density at radius 1 is 0.696 bits per heavy atom. The largest absolute Gasteiger partial charge is 0.368 e. The third kappa shape index (κ3) is 4.95. The number of nitrogens with zero attached hydrogens (tertiary/aromatic N) is 2. The van der Waals surface area contributed by atoms with Crippen molar-refractivity contribution >= 4 is 69.9 Å². The second-order valence-electron chi connectivity index (χ2n) is 11.1. The fraction of sp³-hybridized carbons (Fsp3) is 0.0833. The molecule has 5 aromatic rings. The van der Waals surface area contributed by atoms with Crippen LogP contribution in [0.2, 0.25) is 10.0 Å². The lowest BCUT2D eigenvalue weighted by Crippen LogP contribution is -2.67. The number of anilines is 1. The van der Waals surface area contributed by atoms with E-state index in [4.69, 9.17) is 51.1 Å². The number of nitrogen functional groups attached to an aromatic ring is 1. The summed E-state index contributed by atoms with van der Waals surface area (Å²) in [6.45, 7) is 0. The molecular weight excluding hydrogens is 637 g/mol. The normalized spacial score (nSPS) is 19.4. The molecule has 0 saturated carbocycles. The molecule has 46 heavy (non-hydrogen) atoms. The first kappa shape index (κ1) is 29.8. The summed E-state index contributed by atoms with van der Waals surface area (Å²) in [5, 5.41) is 6.67. The SMILES string of the molecule is Nc1nc2c(c(-c3ccc(Cl)cc3)n1)C(c1ccccc1)C1(C(=O)NC(=S)NC1=O)C(c1ccccc1)/C2=C/c1ccc(Cl)cc1. The number of nitrogens with one attached hydrogen (secondary N) is 2. The van der Waals surface area contributed by atoms with E-state index >= 15 is 0 Å². The standard InChI is InChI=1S/C36H25Cl2N5O2S/c37-24-15-11-20(12-16-24)19-26-28(21-7-3-1-4-8-21)36(32(44)42-35(46)43-33(36)45)29(22-9-5-2-6-10-22)27-30(40-34(39)41-31(26)27)23-13-17-25(38)18-14-23/h1-19,28-29H,(H2,39,40,41)(H2,42,43,44,45,46)/b26-19-. The molecule has 2 unspecified atom stereocenters. The van der Waals surface area contributed by atoms with Crippen LogP contribution in [0.3, 0.4) is 0 Å². The first-order valence-corrected chi connectivity index (χ1v) is 15.6. The molecule has 7 rings (SSSR count). The van der Waals surface area contributed by atoms with Crippen molar-refractivity contribution in [2.75, 3.05) is 5.73 Å². The van der Waals surface area contributed by atoms with Gasteiger partial charge in [-0.25, -0.2) is 9.97 Å². The number of fused-ring (bicyclic) bond motifs is 1. The van der Waals surface area contributed by atoms with Crippen molar-refractivity contribution in [3.05, 3.63) is 147 Å². The van der Waals surface area contributed by atoms with Crippen molar-refractivity contribution in [2.24, 2.45) is 5.41 Å². The highest BCUT2D eigenvalue weighted by Crippen LogP contribution is 2.62. The number of carbonyl (C=O) groups excluding carboxylic acids is 2. The molecule has 4 N–H and O–H groups in total. The summed E-state index contributed by atoms with van der Waals surface area (Å²) >= 11 is 17.9. The Kier molecular flexibility index (Phi) is 7.64. The molecule has 1 saturated heterocycles. The molecule has 2 aliphatic rings. The molecule has 1 aliphatic carbocycles. The molecule has 10 heteroatoms. The zero-order valence-electron chi connectivity index (χ0n) is 24.1. The third-order valence-electron chi connectivity index (χ3n) is 8.53. The van der Waals surface area contributed by atoms with Crippen LogP contribution in [0.25, 0.3) is 22.9 Å². The van der Waals surface area contributed by atoms with Gasteiger partial charge in [-0.1, -0.05) is 108 Å². The van der Waals surface area contributed by atoms with E-state index in [1.807, 2.05) is 91.0 Å². The average molecular weight is 663 g/mol. The molecule has 0 bridgehead atoms. The number of amides is 2. The summed E-state index contributed by atoms with van der Waals surface area (Å²) in [7, 11) is 0. The average Bonchev–Trinajstić information content (AvgIpc) is 3.05. The molecule has 4 aromatic carbocycles. The lowest BCUT2D eigenvalue weighted by molar-refractivity contribution is -0.145. The van der Waals surface area contributed by atoms with Crippen molar-refractivity contribution in [3.63, 3.8) is 0 Å². The molecule has 1 aliphatic heterocycles. The van der Waals surface area contributed by atoms with Gasteiger partial charge in [0.2, 0.25) is 17.8 Å². The Morgan fingerprint density at radius 3 is 1.76 bits per heavy atom. The molecule has 2 heterocycles. The highest BCUT2D eigenvalue weighted by Gasteiger charge is 2.65. The van der Waals surface area contributed by atoms with E-state index in [9.17, 15) is 9.59 Å². The Bertz CT molecular complexity index is 2020. The number of benzene rings is 4. The number of allylic oxidation sites excluding steroid dienone is 1. The molecule has 226 valence electrons. The van der Waals surface area contributed by atoms with Crippen LogP contribution in [0.15, 0.2) is 109 Å². The minimum absolute atomic E-state index is 0.0407. The molecule has 0 radical (unpaired) electrons. The van der Waals surface area contributed by atoms with Crippen LogP contribution in [0.5, 0.6) is 0 Å². The quantitative estimate of drug-likeness (QED) is 0.141. The summed E-state index contributed by atoms with van der Waals surface area (Å²) < 4.78 is 0. The van der Waals surface area contributed by atoms with Crippen molar-refractivity contribution in [1.29, 1.82) is 0 Å². The van der Waals surface area contributed by atoms with Crippen LogP contribution in [0, 0.1) is 5.41 Å². The van der Waals surface area contributed by atoms with Crippen LogP contribution >= 0.6 is 35.4 Å². The first-order chi connectivity index (χ1) is 22.3. The fourth-order valence-electron chi connectivity index (χ4n) is 6.71. The Labute approximate surface area is 280 Å². The van der Waals surface area contributed by atoms with E-state index in [0.29, 0.717) is 38.1 Å². The van der Waals surface area contributed by atoms with Crippen molar-refractivity contribution in [2.45, 2.75) is 11.8 Å². The van der Waals surface area contributed by atoms with Gasteiger partial charge in [0.1, 0.15) is 0 Å². The number of hydrogen-bond acceptors (Lipinski definition) is 6. The zero-order valence-corrected chi connectivity index (χ0v) is 26.4. The highest BCUT2D eigenvalue weighted by molar-refractivity contribution is 7.80. The van der Waals surface area contributed by atoms with Gasteiger partial charge >= 0.3 is 0 Å². The molecule has 1 spiro atoms. The smallest absolute Gasteiger partial charge is 0.243 e. The molecule has 1 fully saturated rings. The Balaban J connectivity index is 1.68. The maximum Gasteiger partial charge on any atom is 0.243 e. The van der Waals surface area contributed by atoms with Crippen LogP contribution in [0.4, 0.5) is 5.95 Å². The first-order valence-electron chi connectivity index (χ1n) is 14.4. The molecular formula is C36H25Cl2N5O2S. The summed E-state index contributed by atoms with van der Waals surface area (Å²) in [5.74, 6) is -2.73. The fourth-order valence-corrected chi connectivity index (χ4v) is 7.15. The topological polar surface area (TPSA) is 110 Å². The van der Waals surface area contributed by atoms with E-state index in [2.05, 4.69) is 10.6 Å². The number of rotatable bonds is 4. The van der Waals surface area contributed by atoms with Gasteiger partial charge in [-0.15, -0.1) is 0 Å². The van der Waals surface area contributed by atoms with Crippen LogP contribution in [-0.4, -0.2) is 26.9 Å². The minimum Gasteiger partial charge on any atom is -0.368 e. The second-order valence-corrected chi connectivity index (χ2v) is 12.4. The summed E-state index contributed by atoms with van der Waals surface area (Å²) in [6, 6.07) is 33.4. The van der Waals surface area contributed by atoms with Crippen LogP contribution < -0.4 is 16.4 Å². The maximum absolute atomic E-state index is 14.8. The van der Waals surface area contributed by atoms with Gasteiger partial charge in [0.15, 0.2) is 10.5 Å². The van der Waals surface area contributed by atoms with Gasteiger partial charge in [0, 0.05) is 33.0 Å². The molecule has 2 atom stereocenters. The summed E-state index contributed by atoms with van der Waals surface area (Å²) in [6.07, 6.45) is 1.93. The Hall–Kier alpha value is -4.89. The van der Waals surface area contributed by atoms with E-state index in [1.165, 1.54) is 0 Å². The predicted molar refractivity (Wildman–Crippen MR) is 185 cm³/mol. The van der Waals surface area contributed by atoms with E-state index in [0.717, 1.165) is 16.7 Å². The minimum atomic E-state index is -1.78. The van der Waals surface area contributed by atoms with Crippen LogP contribution in [-0.2, 0) is 9.59 Å². The monoisotopic (exact) mass is 661 g/mol. The second kappa shape index (κ2) is 11.8. The van der Waals surface area contributed by atoms with Crippen molar-refractivity contribution in [3.8, 4) is 11.3 Å². The summed E-state index contributed by atoms with van der Waals surface area (Å²) in [5.41, 5.74) is 9.82. The van der Waals surface area contributed by atoms with E-state index < -0.39 is 29.1 Å². The Morgan fingerprint density at radius 2 is 1.20 bits per heavy atom. The lowest BCUT2D eigenvalue weighted by Gasteiger charge is -2.50. The van der Waals surface area contributed by atoms with E-state index in [1.54, 1.807) is 24.3 Å². The van der Waals surface area contributed by atoms with Gasteiger partial charge < -0.3 is 16.4 Å². The van der Waals surface area contributed by atoms with Gasteiger partial charge in [-0.2, -0.15) is 0 Å². The van der Waals surface area contributed by atoms with E-state index in [-0.39, 0.29) is 11.1 Å². The predicted octanol–water partition coefficient (Wildman–Crippen LogP) is 7.02. The molecule has 7 nitrogen and oxygen atoms in total. The van der Waals surface area contributed by atoms with Gasteiger partial charge in [0.05, 0.1) is 11.4 Å². The number of halogens is 2. The van der Waals surface area contributed by atoms with Gasteiger partial charge in [-0.05, 0) is 64.8 Å².